The molecule has 0 saturated heterocycles. The lowest BCUT2D eigenvalue weighted by Crippen LogP contribution is -2.39. The van der Waals surface area contributed by atoms with E-state index in [1.165, 1.54) is 16.6 Å². The summed E-state index contributed by atoms with van der Waals surface area (Å²) in [5, 5.41) is 0. The van der Waals surface area contributed by atoms with Crippen LogP contribution in [0.15, 0.2) is 12.3 Å². The van der Waals surface area contributed by atoms with Crippen molar-refractivity contribution < 1.29 is 4.79 Å². The van der Waals surface area contributed by atoms with Crippen molar-refractivity contribution in [1.29, 1.82) is 0 Å². The van der Waals surface area contributed by atoms with Gasteiger partial charge in [0.1, 0.15) is 0 Å². The van der Waals surface area contributed by atoms with Gasteiger partial charge in [0.05, 0.1) is 11.9 Å². The van der Waals surface area contributed by atoms with Crippen LogP contribution in [0.1, 0.15) is 24.5 Å². The third-order valence-corrected chi connectivity index (χ3v) is 12.9. The number of carbonyl (C=O) groups is 1. The summed E-state index contributed by atoms with van der Waals surface area (Å²) in [7, 11) is 6.25. The molecule has 4 unspecified atom stereocenters. The predicted octanol–water partition coefficient (Wildman–Crippen LogP) is 2.66. The zero-order valence-electron chi connectivity index (χ0n) is 10.4. The highest BCUT2D eigenvalue weighted by Crippen LogP contribution is 2.65. The maximum atomic E-state index is 12.0. The second kappa shape index (κ2) is 6.67. The van der Waals surface area contributed by atoms with Crippen LogP contribution >= 0.6 is 33.1 Å². The number of fused-ring (bicyclic) bond motifs is 1. The van der Waals surface area contributed by atoms with Crippen LogP contribution in [0.2, 0.25) is 0 Å². The molecule has 1 amide bonds. The molecule has 1 aliphatic heterocycles. The fourth-order valence-corrected chi connectivity index (χ4v) is 5.69. The Morgan fingerprint density at radius 3 is 3.06 bits per heavy atom. The highest BCUT2D eigenvalue weighted by atomic mass is 32.6. The lowest BCUT2D eigenvalue weighted by molar-refractivity contribution is -0.131. The number of hydrogen-bond acceptors (Lipinski definition) is 2. The van der Waals surface area contributed by atoms with E-state index in [1.807, 2.05) is 17.2 Å². The van der Waals surface area contributed by atoms with E-state index in [9.17, 15) is 4.79 Å². The fraction of sp³-hybridized carbons (Fsp3) is 0.455. The summed E-state index contributed by atoms with van der Waals surface area (Å²) in [6.07, 6.45) is 3.40. The Hall–Kier alpha value is 0.340. The van der Waals surface area contributed by atoms with Crippen molar-refractivity contribution in [3.63, 3.8) is 0 Å². The standard InChI is InChI=1S/C11H18N2OP4/c1-2-5-13-7-9-8(6-10(13)14)3-4-12-11(9)18(16)17-15/h3-4,17H,2,5-7,15-16H2,1H3. The Kier molecular flexibility index (Phi) is 5.47. The van der Waals surface area contributed by atoms with E-state index in [4.69, 9.17) is 0 Å². The number of hydrogen-bond donors (Lipinski definition) is 0. The number of pyridine rings is 1. The van der Waals surface area contributed by atoms with Crippen molar-refractivity contribution in [2.75, 3.05) is 6.54 Å². The van der Waals surface area contributed by atoms with E-state index in [0.717, 1.165) is 27.5 Å². The van der Waals surface area contributed by atoms with E-state index in [0.29, 0.717) is 6.42 Å². The molecule has 0 fully saturated rings. The summed E-state index contributed by atoms with van der Waals surface area (Å²) in [6, 6.07) is 2.00. The Balaban J connectivity index is 2.35. The van der Waals surface area contributed by atoms with Gasteiger partial charge in [-0.3, -0.25) is 9.78 Å². The molecule has 0 bridgehead atoms. The third kappa shape index (κ3) is 3.08. The fourth-order valence-electron chi connectivity index (χ4n) is 2.15. The molecule has 0 aromatic carbocycles. The molecule has 4 atom stereocenters. The quantitative estimate of drug-likeness (QED) is 0.800. The third-order valence-electron chi connectivity index (χ3n) is 3.03. The summed E-state index contributed by atoms with van der Waals surface area (Å²) in [6.45, 7) is 3.71. The van der Waals surface area contributed by atoms with Gasteiger partial charge in [-0.15, -0.1) is 17.9 Å². The minimum atomic E-state index is -0.272. The second-order valence-electron chi connectivity index (χ2n) is 4.26. The Labute approximate surface area is 116 Å². The molecule has 7 heteroatoms. The minimum Gasteiger partial charge on any atom is -0.338 e. The first-order chi connectivity index (χ1) is 8.67. The molecule has 0 spiro atoms. The molecule has 18 heavy (non-hydrogen) atoms. The maximum absolute atomic E-state index is 12.0. The summed E-state index contributed by atoms with van der Waals surface area (Å²) in [5.41, 5.74) is 3.67. The molecular weight excluding hydrogens is 300 g/mol. The van der Waals surface area contributed by atoms with Gasteiger partial charge in [0, 0.05) is 24.8 Å². The average Bonchev–Trinajstić information content (AvgIpc) is 2.38. The van der Waals surface area contributed by atoms with Gasteiger partial charge >= 0.3 is 0 Å². The summed E-state index contributed by atoms with van der Waals surface area (Å²) in [5.74, 6) is 0.253. The number of carbonyl (C=O) groups excluding carboxylic acids is 1. The van der Waals surface area contributed by atoms with Crippen LogP contribution in [-0.4, -0.2) is 22.3 Å². The molecule has 0 radical (unpaired) electrons. The van der Waals surface area contributed by atoms with Gasteiger partial charge in [-0.2, -0.15) is 0 Å². The first-order valence-corrected chi connectivity index (χ1v) is 12.5. The van der Waals surface area contributed by atoms with Crippen LogP contribution in [0.5, 0.6) is 0 Å². The largest absolute Gasteiger partial charge is 0.338 e. The topological polar surface area (TPSA) is 33.2 Å². The minimum absolute atomic E-state index is 0.253. The monoisotopic (exact) mass is 318 g/mol. The summed E-state index contributed by atoms with van der Waals surface area (Å²) >= 11 is 0. The van der Waals surface area contributed by atoms with Crippen molar-refractivity contribution in [3.05, 3.63) is 23.4 Å². The van der Waals surface area contributed by atoms with E-state index < -0.39 is 0 Å². The van der Waals surface area contributed by atoms with Crippen molar-refractivity contribution in [2.24, 2.45) is 0 Å². The van der Waals surface area contributed by atoms with Gasteiger partial charge in [0.25, 0.3) is 0 Å². The molecule has 1 aromatic heterocycles. The zero-order chi connectivity index (χ0) is 13.1. The van der Waals surface area contributed by atoms with Crippen LogP contribution in [0, 0.1) is 0 Å². The number of amides is 1. The molecule has 2 heterocycles. The highest BCUT2D eigenvalue weighted by Gasteiger charge is 2.26. The zero-order valence-corrected chi connectivity index (χ0v) is 14.6. The van der Waals surface area contributed by atoms with E-state index in [1.54, 1.807) is 0 Å². The van der Waals surface area contributed by atoms with Crippen LogP contribution < -0.4 is 5.44 Å². The number of aromatic nitrogens is 1. The number of nitrogens with zero attached hydrogens (tertiary/aromatic N) is 2. The summed E-state index contributed by atoms with van der Waals surface area (Å²) < 4.78 is 0. The first-order valence-electron chi connectivity index (χ1n) is 5.93. The van der Waals surface area contributed by atoms with Gasteiger partial charge in [-0.25, -0.2) is 0 Å². The van der Waals surface area contributed by atoms with Crippen molar-refractivity contribution >= 4 is 44.5 Å². The SMILES string of the molecule is CCCN1Cc2c(ccnc2P(P)PP)CC1=O. The Bertz CT molecular complexity index is 455. The highest BCUT2D eigenvalue weighted by molar-refractivity contribution is 8.63. The first kappa shape index (κ1) is 14.7. The maximum Gasteiger partial charge on any atom is 0.227 e. The normalized spacial score (nSPS) is 17.3. The van der Waals surface area contributed by atoms with Crippen LogP contribution in [0.25, 0.3) is 0 Å². The lowest BCUT2D eigenvalue weighted by atomic mass is 10.0. The molecule has 0 N–H and O–H groups in total. The molecule has 3 nitrogen and oxygen atoms in total. The summed E-state index contributed by atoms with van der Waals surface area (Å²) in [4.78, 5) is 18.5. The van der Waals surface area contributed by atoms with Gasteiger partial charge in [-0.05, 0) is 25.3 Å². The molecule has 98 valence electrons. The van der Waals surface area contributed by atoms with Gasteiger partial charge in [0.15, 0.2) is 0 Å². The Morgan fingerprint density at radius 2 is 2.39 bits per heavy atom. The van der Waals surface area contributed by atoms with Crippen LogP contribution in [0.4, 0.5) is 0 Å². The smallest absolute Gasteiger partial charge is 0.227 e. The van der Waals surface area contributed by atoms with E-state index in [2.05, 4.69) is 29.8 Å². The van der Waals surface area contributed by atoms with Gasteiger partial charge < -0.3 is 4.90 Å². The van der Waals surface area contributed by atoms with Crippen molar-refractivity contribution in [3.8, 4) is 0 Å². The predicted molar refractivity (Wildman–Crippen MR) is 87.9 cm³/mol. The molecule has 1 aliphatic rings. The van der Waals surface area contributed by atoms with Crippen molar-refractivity contribution in [2.45, 2.75) is 26.3 Å². The molecule has 1 aromatic rings. The van der Waals surface area contributed by atoms with Crippen LogP contribution in [0.3, 0.4) is 0 Å². The Morgan fingerprint density at radius 1 is 1.61 bits per heavy atom. The lowest BCUT2D eigenvalue weighted by Gasteiger charge is -2.30. The van der Waals surface area contributed by atoms with E-state index in [-0.39, 0.29) is 13.2 Å². The van der Waals surface area contributed by atoms with Crippen molar-refractivity contribution in [1.82, 2.24) is 9.88 Å². The molecular formula is C11H18N2OP4. The van der Waals surface area contributed by atoms with Crippen LogP contribution in [-0.2, 0) is 17.8 Å². The number of rotatable bonds is 4. The second-order valence-corrected chi connectivity index (χ2v) is 13.3. The van der Waals surface area contributed by atoms with Gasteiger partial charge in [0.2, 0.25) is 5.91 Å². The molecule has 2 rings (SSSR count). The molecule has 0 aliphatic carbocycles. The average molecular weight is 318 g/mol. The van der Waals surface area contributed by atoms with E-state index >= 15 is 0 Å². The van der Waals surface area contributed by atoms with Gasteiger partial charge in [-0.1, -0.05) is 14.9 Å². The molecule has 0 saturated carbocycles.